The molecule has 0 radical (unpaired) electrons. The van der Waals surface area contributed by atoms with E-state index in [0.29, 0.717) is 0 Å². The molecule has 0 saturated carbocycles. The van der Waals surface area contributed by atoms with Gasteiger partial charge in [-0.25, -0.2) is 0 Å². The second-order valence-electron chi connectivity index (χ2n) is 11.9. The smallest absolute Gasteiger partial charge is 0.0463 e. The van der Waals surface area contributed by atoms with Crippen molar-refractivity contribution in [2.75, 3.05) is 5.32 Å². The van der Waals surface area contributed by atoms with Crippen LogP contribution in [0.4, 0.5) is 11.4 Å². The van der Waals surface area contributed by atoms with Crippen molar-refractivity contribution in [2.45, 2.75) is 19.3 Å². The number of fused-ring (bicyclic) bond motifs is 6. The number of rotatable bonds is 4. The molecule has 0 atom stereocenters. The summed E-state index contributed by atoms with van der Waals surface area (Å²) in [6, 6.07) is 53.0. The lowest BCUT2D eigenvalue weighted by Gasteiger charge is -2.23. The maximum Gasteiger partial charge on any atom is 0.0463 e. The van der Waals surface area contributed by atoms with Gasteiger partial charge >= 0.3 is 0 Å². The zero-order chi connectivity index (χ0) is 28.3. The molecule has 0 heterocycles. The van der Waals surface area contributed by atoms with Crippen molar-refractivity contribution < 1.29 is 0 Å². The molecule has 200 valence electrons. The van der Waals surface area contributed by atoms with E-state index >= 15 is 0 Å². The van der Waals surface area contributed by atoms with Crippen LogP contribution in [0.3, 0.4) is 0 Å². The first-order valence-corrected chi connectivity index (χ1v) is 14.7. The quantitative estimate of drug-likeness (QED) is 0.220. The minimum Gasteiger partial charge on any atom is -0.355 e. The van der Waals surface area contributed by atoms with Crippen molar-refractivity contribution in [3.63, 3.8) is 0 Å². The lowest BCUT2D eigenvalue weighted by Crippen LogP contribution is -2.15. The van der Waals surface area contributed by atoms with Gasteiger partial charge in [-0.2, -0.15) is 0 Å². The SMILES string of the molecule is CC1(C)c2cc(Nc3ccccc3-c3ccccc3)ccc2-c2ccc(-c3ccc4ccc5ccccc5c4c3)cc21. The van der Waals surface area contributed by atoms with Crippen LogP contribution in [-0.4, -0.2) is 0 Å². The van der Waals surface area contributed by atoms with Crippen molar-refractivity contribution >= 4 is 32.9 Å². The zero-order valence-corrected chi connectivity index (χ0v) is 23.9. The van der Waals surface area contributed by atoms with Crippen LogP contribution < -0.4 is 5.32 Å². The molecule has 7 aromatic carbocycles. The molecular weight excluding hydrogens is 506 g/mol. The van der Waals surface area contributed by atoms with Gasteiger partial charge < -0.3 is 5.32 Å². The van der Waals surface area contributed by atoms with Crippen molar-refractivity contribution in [3.8, 4) is 33.4 Å². The molecule has 1 nitrogen and oxygen atoms in total. The van der Waals surface area contributed by atoms with Crippen LogP contribution in [0.2, 0.25) is 0 Å². The van der Waals surface area contributed by atoms with E-state index in [1.165, 1.54) is 66.1 Å². The van der Waals surface area contributed by atoms with Crippen LogP contribution in [0.1, 0.15) is 25.0 Å². The minimum atomic E-state index is -0.110. The van der Waals surface area contributed by atoms with Gasteiger partial charge in [-0.3, -0.25) is 0 Å². The van der Waals surface area contributed by atoms with Crippen molar-refractivity contribution in [3.05, 3.63) is 157 Å². The standard InChI is InChI=1S/C41H31N/c1-41(2)38-25-31(30-19-18-29-17-16-28-12-6-7-13-33(28)37(29)24-30)20-22-35(38)36-23-21-32(26-39(36)41)42-40-15-9-8-14-34(40)27-10-4-3-5-11-27/h3-26,42H,1-2H3. The molecule has 0 aliphatic heterocycles. The highest BCUT2D eigenvalue weighted by Crippen LogP contribution is 2.50. The lowest BCUT2D eigenvalue weighted by atomic mass is 9.81. The summed E-state index contributed by atoms with van der Waals surface area (Å²) in [6.07, 6.45) is 0. The van der Waals surface area contributed by atoms with Gasteiger partial charge in [-0.05, 0) is 90.8 Å². The highest BCUT2D eigenvalue weighted by Gasteiger charge is 2.35. The molecule has 7 aromatic rings. The molecule has 1 aliphatic carbocycles. The van der Waals surface area contributed by atoms with Gasteiger partial charge in [0.1, 0.15) is 0 Å². The third-order valence-corrected chi connectivity index (χ3v) is 9.05. The van der Waals surface area contributed by atoms with E-state index in [-0.39, 0.29) is 5.41 Å². The largest absolute Gasteiger partial charge is 0.355 e. The Balaban J connectivity index is 1.17. The molecule has 1 N–H and O–H groups in total. The minimum absolute atomic E-state index is 0.110. The van der Waals surface area contributed by atoms with Gasteiger partial charge in [-0.15, -0.1) is 0 Å². The number of nitrogens with one attached hydrogen (secondary N) is 1. The van der Waals surface area contributed by atoms with Crippen LogP contribution in [-0.2, 0) is 5.41 Å². The summed E-state index contributed by atoms with van der Waals surface area (Å²) in [5.74, 6) is 0. The second-order valence-corrected chi connectivity index (χ2v) is 11.9. The second kappa shape index (κ2) is 9.46. The van der Waals surface area contributed by atoms with Crippen LogP contribution >= 0.6 is 0 Å². The van der Waals surface area contributed by atoms with E-state index in [2.05, 4.69) is 165 Å². The van der Waals surface area contributed by atoms with Gasteiger partial charge in [-0.1, -0.05) is 129 Å². The summed E-state index contributed by atoms with van der Waals surface area (Å²) in [6.45, 7) is 4.72. The molecule has 1 aliphatic rings. The molecule has 0 spiro atoms. The highest BCUT2D eigenvalue weighted by molar-refractivity contribution is 6.08. The first-order chi connectivity index (χ1) is 20.6. The Morgan fingerprint density at radius 3 is 1.90 bits per heavy atom. The molecule has 0 fully saturated rings. The summed E-state index contributed by atoms with van der Waals surface area (Å²) >= 11 is 0. The zero-order valence-electron chi connectivity index (χ0n) is 23.9. The third kappa shape index (κ3) is 3.93. The van der Waals surface area contributed by atoms with Crippen molar-refractivity contribution in [1.82, 2.24) is 0 Å². The van der Waals surface area contributed by atoms with Gasteiger partial charge in [0, 0.05) is 22.4 Å². The molecule has 42 heavy (non-hydrogen) atoms. The number of benzene rings is 7. The van der Waals surface area contributed by atoms with Crippen molar-refractivity contribution in [1.29, 1.82) is 0 Å². The van der Waals surface area contributed by atoms with Gasteiger partial charge in [0.15, 0.2) is 0 Å². The van der Waals surface area contributed by atoms with Crippen LogP contribution in [0.25, 0.3) is 54.9 Å². The third-order valence-electron chi connectivity index (χ3n) is 9.05. The number of para-hydroxylation sites is 1. The van der Waals surface area contributed by atoms with Gasteiger partial charge in [0.25, 0.3) is 0 Å². The number of hydrogen-bond donors (Lipinski definition) is 1. The summed E-state index contributed by atoms with van der Waals surface area (Å²) in [7, 11) is 0. The molecule has 1 heteroatoms. The summed E-state index contributed by atoms with van der Waals surface area (Å²) in [5.41, 5.74) is 12.5. The predicted molar refractivity (Wildman–Crippen MR) is 180 cm³/mol. The predicted octanol–water partition coefficient (Wildman–Crippen LogP) is 11.4. The van der Waals surface area contributed by atoms with E-state index in [1.807, 2.05) is 0 Å². The maximum atomic E-state index is 3.73. The fourth-order valence-corrected chi connectivity index (χ4v) is 6.79. The first-order valence-electron chi connectivity index (χ1n) is 14.7. The van der Waals surface area contributed by atoms with Crippen LogP contribution in [0.5, 0.6) is 0 Å². The molecule has 0 bridgehead atoms. The molecule has 0 aromatic heterocycles. The Labute approximate surface area is 247 Å². The van der Waals surface area contributed by atoms with Gasteiger partial charge in [0.2, 0.25) is 0 Å². The van der Waals surface area contributed by atoms with E-state index < -0.39 is 0 Å². The molecule has 8 rings (SSSR count). The Kier molecular flexibility index (Phi) is 5.55. The summed E-state index contributed by atoms with van der Waals surface area (Å²) in [4.78, 5) is 0. The van der Waals surface area contributed by atoms with Crippen molar-refractivity contribution in [2.24, 2.45) is 0 Å². The number of hydrogen-bond acceptors (Lipinski definition) is 1. The maximum absolute atomic E-state index is 3.73. The Hall–Kier alpha value is -5.14. The Morgan fingerprint density at radius 2 is 1.05 bits per heavy atom. The van der Waals surface area contributed by atoms with E-state index in [0.717, 1.165) is 11.4 Å². The van der Waals surface area contributed by atoms with E-state index in [1.54, 1.807) is 0 Å². The molecular formula is C41H31N. The highest BCUT2D eigenvalue weighted by atomic mass is 14.9. The Morgan fingerprint density at radius 1 is 0.429 bits per heavy atom. The summed E-state index contributed by atoms with van der Waals surface area (Å²) < 4.78 is 0. The fraction of sp³-hybridized carbons (Fsp3) is 0.0732. The average Bonchev–Trinajstić information content (AvgIpc) is 3.26. The first kappa shape index (κ1) is 24.6. The van der Waals surface area contributed by atoms with E-state index in [9.17, 15) is 0 Å². The van der Waals surface area contributed by atoms with Crippen LogP contribution in [0, 0.1) is 0 Å². The Bertz CT molecular complexity index is 2140. The van der Waals surface area contributed by atoms with Gasteiger partial charge in [0.05, 0.1) is 0 Å². The monoisotopic (exact) mass is 537 g/mol. The topological polar surface area (TPSA) is 12.0 Å². The normalized spacial score (nSPS) is 13.2. The summed E-state index contributed by atoms with van der Waals surface area (Å²) in [5, 5.41) is 8.90. The molecule has 0 saturated heterocycles. The average molecular weight is 538 g/mol. The van der Waals surface area contributed by atoms with Crippen LogP contribution in [0.15, 0.2) is 146 Å². The fourth-order valence-electron chi connectivity index (χ4n) is 6.79. The van der Waals surface area contributed by atoms with E-state index in [4.69, 9.17) is 0 Å². The lowest BCUT2D eigenvalue weighted by molar-refractivity contribution is 0.661. The number of anilines is 2. The molecule has 0 unspecified atom stereocenters. The molecule has 0 amide bonds.